The lowest BCUT2D eigenvalue weighted by Crippen LogP contribution is -2.05. The Morgan fingerprint density at radius 2 is 1.12 bits per heavy atom. The van der Waals surface area contributed by atoms with Gasteiger partial charge >= 0.3 is 6.18 Å². The normalized spacial score (nSPS) is 11.3. The molecule has 10 aromatic rings. The first kappa shape index (κ1) is 40.9. The Hall–Kier alpha value is -9.10. The van der Waals surface area contributed by atoms with Crippen molar-refractivity contribution in [1.29, 1.82) is 5.26 Å². The monoisotopic (exact) mass is 858 g/mol. The van der Waals surface area contributed by atoms with E-state index in [0.29, 0.717) is 39.5 Å². The van der Waals surface area contributed by atoms with Crippen molar-refractivity contribution in [2.45, 2.75) is 13.1 Å². The highest BCUT2D eigenvalue weighted by Crippen LogP contribution is 2.46. The van der Waals surface area contributed by atoms with Crippen LogP contribution in [0.5, 0.6) is 0 Å². The van der Waals surface area contributed by atoms with Gasteiger partial charge in [0.25, 0.3) is 0 Å². The van der Waals surface area contributed by atoms with E-state index in [1.54, 1.807) is 0 Å². The van der Waals surface area contributed by atoms with Crippen molar-refractivity contribution < 1.29 is 13.2 Å². The van der Waals surface area contributed by atoms with Crippen LogP contribution in [0, 0.1) is 31.4 Å². The highest BCUT2D eigenvalue weighted by molar-refractivity contribution is 6.12. The minimum atomic E-state index is -4.54. The lowest BCUT2D eigenvalue weighted by molar-refractivity contribution is -0.137. The SMILES string of the molecule is [C-]#[N+]c1cc(C#N)c(-c2ccc3c(c2)c2ccccc2n3-c2c(-c3ccc(C)cc3)cc(-c3cc(-c4ccccc4)nc(-c4ccccc4)n3)cc2-c2ccc(C(F)(F)F)cc2)c([N+]#[C-])c1. The van der Waals surface area contributed by atoms with E-state index in [9.17, 15) is 18.4 Å². The number of hydrogen-bond acceptors (Lipinski definition) is 3. The molecule has 2 aromatic heterocycles. The maximum absolute atomic E-state index is 14.2. The summed E-state index contributed by atoms with van der Waals surface area (Å²) in [6.45, 7) is 17.6. The minimum Gasteiger partial charge on any atom is -0.308 e. The Balaban J connectivity index is 1.31. The predicted octanol–water partition coefficient (Wildman–Crippen LogP) is 15.9. The number of halogens is 3. The second kappa shape index (κ2) is 16.5. The smallest absolute Gasteiger partial charge is 0.308 e. The Morgan fingerprint density at radius 3 is 1.74 bits per heavy atom. The number of nitriles is 1. The minimum absolute atomic E-state index is 0.195. The van der Waals surface area contributed by atoms with Crippen LogP contribution in [-0.4, -0.2) is 14.5 Å². The number of benzene rings is 8. The summed E-state index contributed by atoms with van der Waals surface area (Å²) in [5.74, 6) is 0.520. The van der Waals surface area contributed by atoms with E-state index in [1.807, 2.05) is 146 Å². The summed E-state index contributed by atoms with van der Waals surface area (Å²) < 4.78 is 44.6. The molecule has 0 saturated carbocycles. The van der Waals surface area contributed by atoms with E-state index >= 15 is 0 Å². The van der Waals surface area contributed by atoms with Crippen LogP contribution in [0.1, 0.15) is 16.7 Å². The van der Waals surface area contributed by atoms with Crippen molar-refractivity contribution in [3.8, 4) is 79.0 Å². The summed E-state index contributed by atoms with van der Waals surface area (Å²) in [5.41, 5.74) is 11.0. The summed E-state index contributed by atoms with van der Waals surface area (Å²) >= 11 is 0. The zero-order valence-corrected chi connectivity index (χ0v) is 35.1. The fourth-order valence-corrected chi connectivity index (χ4v) is 8.63. The molecule has 10 rings (SSSR count). The molecule has 66 heavy (non-hydrogen) atoms. The first-order chi connectivity index (χ1) is 32.1. The molecule has 0 N–H and O–H groups in total. The van der Waals surface area contributed by atoms with Crippen molar-refractivity contribution in [3.05, 3.63) is 222 Å². The highest BCUT2D eigenvalue weighted by Gasteiger charge is 2.31. The number of hydrogen-bond donors (Lipinski definition) is 0. The third kappa shape index (κ3) is 7.39. The van der Waals surface area contributed by atoms with Gasteiger partial charge in [-0.3, -0.25) is 0 Å². The fraction of sp³-hybridized carbons (Fsp3) is 0.0351. The van der Waals surface area contributed by atoms with Crippen LogP contribution in [0.15, 0.2) is 182 Å². The number of alkyl halides is 3. The van der Waals surface area contributed by atoms with Crippen LogP contribution in [0.2, 0.25) is 0 Å². The molecule has 2 heterocycles. The number of nitrogens with zero attached hydrogens (tertiary/aromatic N) is 6. The van der Waals surface area contributed by atoms with E-state index in [0.717, 1.165) is 73.0 Å². The van der Waals surface area contributed by atoms with Gasteiger partial charge in [-0.05, 0) is 78.2 Å². The second-order valence-corrected chi connectivity index (χ2v) is 15.9. The molecule has 9 heteroatoms. The first-order valence-electron chi connectivity index (χ1n) is 20.9. The molecule has 6 nitrogen and oxygen atoms in total. The van der Waals surface area contributed by atoms with Crippen molar-refractivity contribution in [3.63, 3.8) is 0 Å². The second-order valence-electron chi connectivity index (χ2n) is 15.9. The number of fused-ring (bicyclic) bond motifs is 3. The molecule has 0 aliphatic rings. The van der Waals surface area contributed by atoms with E-state index in [2.05, 4.69) is 26.4 Å². The standard InChI is InChI=1S/C57H33F3N6/c1-35-18-20-36(21-19-35)46-30-41(50-33-49(38-12-6-4-7-13-38)64-56(65-50)39-14-8-5-9-15-39)31-47(37-22-25-43(26-23-37)57(58,59)60)55(46)66-52-17-11-10-16-45(52)48-29-40(24-27-53(48)66)54-42(34-61)28-44(62-2)32-51(54)63-3/h4-33H,1H3. The number of rotatable bonds is 7. The molecule has 0 spiro atoms. The molecule has 0 unspecified atom stereocenters. The molecular weight excluding hydrogens is 826 g/mol. The third-order valence-corrected chi connectivity index (χ3v) is 11.8. The largest absolute Gasteiger partial charge is 0.416 e. The number of aromatic nitrogens is 3. The molecule has 8 aromatic carbocycles. The molecule has 0 aliphatic carbocycles. The molecule has 0 amide bonds. The maximum Gasteiger partial charge on any atom is 0.416 e. The Morgan fingerprint density at radius 1 is 0.545 bits per heavy atom. The zero-order valence-electron chi connectivity index (χ0n) is 35.1. The van der Waals surface area contributed by atoms with Gasteiger partial charge in [-0.1, -0.05) is 133 Å². The zero-order chi connectivity index (χ0) is 45.5. The van der Waals surface area contributed by atoms with Crippen LogP contribution < -0.4 is 0 Å². The van der Waals surface area contributed by atoms with Crippen molar-refractivity contribution in [2.75, 3.05) is 0 Å². The summed E-state index contributed by atoms with van der Waals surface area (Å²) in [6, 6.07) is 57.9. The maximum atomic E-state index is 14.2. The van der Waals surface area contributed by atoms with E-state index in [4.69, 9.17) is 23.1 Å². The summed E-state index contributed by atoms with van der Waals surface area (Å²) in [7, 11) is 0. The van der Waals surface area contributed by atoms with Crippen LogP contribution >= 0.6 is 0 Å². The number of aryl methyl sites for hydroxylation is 1. The van der Waals surface area contributed by atoms with Gasteiger partial charge in [-0.2, -0.15) is 18.4 Å². The topological polar surface area (TPSA) is 63.2 Å². The van der Waals surface area contributed by atoms with Gasteiger partial charge < -0.3 is 4.57 Å². The molecule has 0 atom stereocenters. The Bertz CT molecular complexity index is 3560. The average Bonchev–Trinajstić information content (AvgIpc) is 3.69. The summed E-state index contributed by atoms with van der Waals surface area (Å²) in [5, 5.41) is 11.9. The van der Waals surface area contributed by atoms with Crippen molar-refractivity contribution in [2.24, 2.45) is 0 Å². The average molecular weight is 859 g/mol. The first-order valence-corrected chi connectivity index (χ1v) is 20.9. The third-order valence-electron chi connectivity index (χ3n) is 11.8. The quantitative estimate of drug-likeness (QED) is 0.150. The molecule has 0 radical (unpaired) electrons. The van der Waals surface area contributed by atoms with Crippen LogP contribution in [-0.2, 0) is 6.18 Å². The molecule has 0 fully saturated rings. The molecule has 0 saturated heterocycles. The summed E-state index contributed by atoms with van der Waals surface area (Å²) in [4.78, 5) is 17.4. The summed E-state index contributed by atoms with van der Waals surface area (Å²) in [6.07, 6.45) is -4.54. The van der Waals surface area contributed by atoms with Crippen molar-refractivity contribution in [1.82, 2.24) is 14.5 Å². The van der Waals surface area contributed by atoms with E-state index < -0.39 is 11.7 Å². The predicted molar refractivity (Wildman–Crippen MR) is 256 cm³/mol. The number of para-hydroxylation sites is 1. The molecular formula is C57H33F3N6. The lowest BCUT2D eigenvalue weighted by atomic mass is 9.91. The van der Waals surface area contributed by atoms with Crippen LogP contribution in [0.4, 0.5) is 24.5 Å². The van der Waals surface area contributed by atoms with Crippen LogP contribution in [0.25, 0.3) is 104 Å². The van der Waals surface area contributed by atoms with E-state index in [-0.39, 0.29) is 16.9 Å². The molecule has 312 valence electrons. The van der Waals surface area contributed by atoms with Gasteiger partial charge in [0.2, 0.25) is 0 Å². The van der Waals surface area contributed by atoms with E-state index in [1.165, 1.54) is 24.3 Å². The highest BCUT2D eigenvalue weighted by atomic mass is 19.4. The lowest BCUT2D eigenvalue weighted by Gasteiger charge is -2.22. The molecule has 0 bridgehead atoms. The van der Waals surface area contributed by atoms with Gasteiger partial charge in [0.05, 0.1) is 52.9 Å². The van der Waals surface area contributed by atoms with Gasteiger partial charge in [0.15, 0.2) is 17.2 Å². The Kier molecular flexibility index (Phi) is 10.3. The fourth-order valence-electron chi connectivity index (χ4n) is 8.63. The van der Waals surface area contributed by atoms with Gasteiger partial charge in [-0.25, -0.2) is 19.7 Å². The Labute approximate surface area is 378 Å². The van der Waals surface area contributed by atoms with Crippen molar-refractivity contribution >= 4 is 33.2 Å². The van der Waals surface area contributed by atoms with Gasteiger partial charge in [-0.15, -0.1) is 0 Å². The van der Waals surface area contributed by atoms with Crippen LogP contribution in [0.3, 0.4) is 0 Å². The van der Waals surface area contributed by atoms with Gasteiger partial charge in [0.1, 0.15) is 0 Å². The van der Waals surface area contributed by atoms with Gasteiger partial charge in [0, 0.05) is 49.7 Å². The molecule has 0 aliphatic heterocycles.